The molecule has 3 rings (SSSR count). The van der Waals surface area contributed by atoms with Crippen molar-refractivity contribution in [3.05, 3.63) is 41.5 Å². The number of hydrogen-bond acceptors (Lipinski definition) is 5. The number of thioether (sulfide) groups is 1. The zero-order chi connectivity index (χ0) is 14.5. The molecular weight excluding hydrogens is 282 g/mol. The predicted octanol–water partition coefficient (Wildman–Crippen LogP) is 3.99. The third-order valence-electron chi connectivity index (χ3n) is 3.75. The van der Waals surface area contributed by atoms with Crippen LogP contribution < -0.4 is 5.32 Å². The lowest BCUT2D eigenvalue weighted by Crippen LogP contribution is -2.07. The molecule has 0 radical (unpaired) electrons. The van der Waals surface area contributed by atoms with Crippen molar-refractivity contribution in [2.24, 2.45) is 0 Å². The highest BCUT2D eigenvalue weighted by Crippen LogP contribution is 2.36. The van der Waals surface area contributed by atoms with Gasteiger partial charge in [0, 0.05) is 18.7 Å². The Labute approximate surface area is 129 Å². The topological polar surface area (TPSA) is 51.0 Å². The first-order chi connectivity index (χ1) is 10.3. The van der Waals surface area contributed by atoms with E-state index in [0.29, 0.717) is 5.25 Å². The monoisotopic (exact) mass is 303 g/mol. The van der Waals surface area contributed by atoms with Crippen molar-refractivity contribution in [3.63, 3.8) is 0 Å². The van der Waals surface area contributed by atoms with Crippen molar-refractivity contribution in [2.45, 2.75) is 37.9 Å². The average molecular weight is 303 g/mol. The van der Waals surface area contributed by atoms with Crippen LogP contribution in [0.5, 0.6) is 0 Å². The highest BCUT2D eigenvalue weighted by Gasteiger charge is 2.21. The van der Waals surface area contributed by atoms with E-state index in [0.717, 1.165) is 24.7 Å². The molecule has 0 bridgehead atoms. The fourth-order valence-electron chi connectivity index (χ4n) is 2.52. The van der Waals surface area contributed by atoms with Crippen LogP contribution in [0.2, 0.25) is 0 Å². The van der Waals surface area contributed by atoms with E-state index in [-0.39, 0.29) is 0 Å². The van der Waals surface area contributed by atoms with Gasteiger partial charge in [-0.15, -0.1) is 0 Å². The maximum atomic E-state index is 5.37. The van der Waals surface area contributed by atoms with Crippen LogP contribution in [-0.2, 0) is 6.42 Å². The van der Waals surface area contributed by atoms with Crippen LogP contribution in [0.3, 0.4) is 0 Å². The molecule has 1 atom stereocenters. The fraction of sp³-hybridized carbons (Fsp3) is 0.500. The molecule has 1 saturated heterocycles. The van der Waals surface area contributed by atoms with E-state index in [4.69, 9.17) is 4.52 Å². The van der Waals surface area contributed by atoms with Gasteiger partial charge in [0.2, 0.25) is 5.89 Å². The van der Waals surface area contributed by atoms with E-state index < -0.39 is 0 Å². The first kappa shape index (κ1) is 14.4. The molecule has 112 valence electrons. The van der Waals surface area contributed by atoms with Crippen LogP contribution in [0.15, 0.2) is 28.8 Å². The van der Waals surface area contributed by atoms with Crippen LogP contribution >= 0.6 is 11.8 Å². The fourth-order valence-corrected chi connectivity index (χ4v) is 3.75. The minimum atomic E-state index is 0.431. The summed E-state index contributed by atoms with van der Waals surface area (Å²) in [6, 6.07) is 8.29. The molecule has 1 fully saturated rings. The Morgan fingerprint density at radius 3 is 3.05 bits per heavy atom. The Morgan fingerprint density at radius 2 is 2.24 bits per heavy atom. The normalized spacial score (nSPS) is 18.6. The molecular formula is C16H21N3OS. The van der Waals surface area contributed by atoms with E-state index in [1.54, 1.807) is 0 Å². The van der Waals surface area contributed by atoms with Crippen molar-refractivity contribution >= 4 is 17.4 Å². The van der Waals surface area contributed by atoms with Crippen LogP contribution in [0.4, 0.5) is 5.69 Å². The van der Waals surface area contributed by atoms with Crippen LogP contribution in [-0.4, -0.2) is 22.4 Å². The second-order valence-corrected chi connectivity index (χ2v) is 6.70. The Morgan fingerprint density at radius 1 is 1.33 bits per heavy atom. The second-order valence-electron chi connectivity index (χ2n) is 5.39. The Bertz CT molecular complexity index is 578. The van der Waals surface area contributed by atoms with E-state index >= 15 is 0 Å². The smallest absolute Gasteiger partial charge is 0.228 e. The lowest BCUT2D eigenvalue weighted by molar-refractivity contribution is 0.374. The van der Waals surface area contributed by atoms with Crippen LogP contribution in [0.25, 0.3) is 0 Å². The van der Waals surface area contributed by atoms with Gasteiger partial charge in [0.25, 0.3) is 0 Å². The first-order valence-corrected chi connectivity index (χ1v) is 8.61. The Hall–Kier alpha value is -1.49. The molecule has 0 aliphatic carbocycles. The maximum absolute atomic E-state index is 5.37. The zero-order valence-electron chi connectivity index (χ0n) is 12.3. The summed E-state index contributed by atoms with van der Waals surface area (Å²) in [7, 11) is 0. The molecule has 1 aliphatic rings. The molecule has 1 N–H and O–H groups in total. The summed E-state index contributed by atoms with van der Waals surface area (Å²) in [5.74, 6) is 2.83. The molecule has 1 aromatic carbocycles. The number of anilines is 1. The highest BCUT2D eigenvalue weighted by atomic mass is 32.2. The third kappa shape index (κ3) is 3.79. The van der Waals surface area contributed by atoms with Gasteiger partial charge >= 0.3 is 0 Å². The van der Waals surface area contributed by atoms with Crippen molar-refractivity contribution in [1.82, 2.24) is 10.1 Å². The van der Waals surface area contributed by atoms with E-state index in [1.165, 1.54) is 36.3 Å². The summed E-state index contributed by atoms with van der Waals surface area (Å²) < 4.78 is 5.37. The molecule has 1 aliphatic heterocycles. The number of aromatic nitrogens is 2. The SMILES string of the molecule is Cc1ccccc1NCCc1nc(C2CCCCS2)no1. The summed E-state index contributed by atoms with van der Waals surface area (Å²) >= 11 is 1.95. The number of nitrogens with one attached hydrogen (secondary N) is 1. The van der Waals surface area contributed by atoms with E-state index in [1.807, 2.05) is 23.9 Å². The van der Waals surface area contributed by atoms with Gasteiger partial charge in [0.15, 0.2) is 5.82 Å². The summed E-state index contributed by atoms with van der Waals surface area (Å²) in [5, 5.41) is 8.00. The molecule has 0 spiro atoms. The largest absolute Gasteiger partial charge is 0.384 e. The standard InChI is InChI=1S/C16H21N3OS/c1-12-6-2-3-7-13(12)17-10-9-15-18-16(19-20-15)14-8-4-5-11-21-14/h2-3,6-7,14,17H,4-5,8-11H2,1H3. The van der Waals surface area contributed by atoms with Crippen molar-refractivity contribution in [3.8, 4) is 0 Å². The van der Waals surface area contributed by atoms with Crippen molar-refractivity contribution < 1.29 is 4.52 Å². The minimum absolute atomic E-state index is 0.431. The summed E-state index contributed by atoms with van der Waals surface area (Å²) in [6.07, 6.45) is 4.52. The first-order valence-electron chi connectivity index (χ1n) is 7.56. The Balaban J connectivity index is 1.52. The number of nitrogens with zero attached hydrogens (tertiary/aromatic N) is 2. The zero-order valence-corrected chi connectivity index (χ0v) is 13.2. The third-order valence-corrected chi connectivity index (χ3v) is 5.12. The van der Waals surface area contributed by atoms with Gasteiger partial charge in [-0.25, -0.2) is 0 Å². The predicted molar refractivity (Wildman–Crippen MR) is 86.7 cm³/mol. The molecule has 1 aromatic heterocycles. The summed E-state index contributed by atoms with van der Waals surface area (Å²) in [6.45, 7) is 2.91. The summed E-state index contributed by atoms with van der Waals surface area (Å²) in [4.78, 5) is 4.55. The number of aryl methyl sites for hydroxylation is 1. The van der Waals surface area contributed by atoms with Gasteiger partial charge in [0.1, 0.15) is 0 Å². The number of hydrogen-bond donors (Lipinski definition) is 1. The molecule has 2 heterocycles. The molecule has 2 aromatic rings. The molecule has 0 saturated carbocycles. The van der Waals surface area contributed by atoms with Gasteiger partial charge < -0.3 is 9.84 Å². The summed E-state index contributed by atoms with van der Waals surface area (Å²) in [5.41, 5.74) is 2.42. The van der Waals surface area contributed by atoms with Gasteiger partial charge in [-0.05, 0) is 37.1 Å². The number of benzene rings is 1. The lowest BCUT2D eigenvalue weighted by Gasteiger charge is -2.17. The van der Waals surface area contributed by atoms with Gasteiger partial charge in [0.05, 0.1) is 5.25 Å². The van der Waals surface area contributed by atoms with E-state index in [9.17, 15) is 0 Å². The minimum Gasteiger partial charge on any atom is -0.384 e. The number of para-hydroxylation sites is 1. The molecule has 4 nitrogen and oxygen atoms in total. The number of rotatable bonds is 5. The van der Waals surface area contributed by atoms with Crippen molar-refractivity contribution in [1.29, 1.82) is 0 Å². The van der Waals surface area contributed by atoms with Crippen molar-refractivity contribution in [2.75, 3.05) is 17.6 Å². The van der Waals surface area contributed by atoms with Crippen LogP contribution in [0, 0.1) is 6.92 Å². The molecule has 0 amide bonds. The Kier molecular flexibility index (Phi) is 4.80. The van der Waals surface area contributed by atoms with Crippen LogP contribution in [0.1, 0.15) is 41.8 Å². The quantitative estimate of drug-likeness (QED) is 0.905. The molecule has 21 heavy (non-hydrogen) atoms. The van der Waals surface area contributed by atoms with Gasteiger partial charge in [-0.1, -0.05) is 29.8 Å². The molecule has 5 heteroatoms. The second kappa shape index (κ2) is 6.98. The lowest BCUT2D eigenvalue weighted by atomic mass is 10.2. The molecule has 1 unspecified atom stereocenters. The maximum Gasteiger partial charge on any atom is 0.228 e. The highest BCUT2D eigenvalue weighted by molar-refractivity contribution is 7.99. The van der Waals surface area contributed by atoms with E-state index in [2.05, 4.69) is 34.5 Å². The van der Waals surface area contributed by atoms with Gasteiger partial charge in [-0.2, -0.15) is 16.7 Å². The average Bonchev–Trinajstić information content (AvgIpc) is 2.99. The van der Waals surface area contributed by atoms with Gasteiger partial charge in [-0.3, -0.25) is 0 Å².